The summed E-state index contributed by atoms with van der Waals surface area (Å²) in [5.41, 5.74) is 5.71. The molecule has 1 aliphatic rings. The third-order valence-electron chi connectivity index (χ3n) is 5.70. The second kappa shape index (κ2) is 7.99. The lowest BCUT2D eigenvalue weighted by Gasteiger charge is -2.26. The van der Waals surface area contributed by atoms with Gasteiger partial charge >= 0.3 is 0 Å². The molecule has 0 aliphatic heterocycles. The molecule has 4 heteroatoms. The van der Waals surface area contributed by atoms with Gasteiger partial charge in [-0.1, -0.05) is 72.8 Å². The van der Waals surface area contributed by atoms with Crippen molar-refractivity contribution in [3.8, 4) is 16.9 Å². The molecule has 0 saturated carbocycles. The molecule has 5 rings (SSSR count). The fraction of sp³-hybridized carbons (Fsp3) is 0.154. The number of rotatable bonds is 4. The minimum atomic E-state index is -0.0854. The highest BCUT2D eigenvalue weighted by molar-refractivity contribution is 6.00. The highest BCUT2D eigenvalue weighted by atomic mass is 16.1. The lowest BCUT2D eigenvalue weighted by atomic mass is 9.87. The maximum Gasteiger partial charge on any atom is 0.255 e. The van der Waals surface area contributed by atoms with Crippen LogP contribution < -0.4 is 5.32 Å². The van der Waals surface area contributed by atoms with E-state index in [0.717, 1.165) is 30.5 Å². The quantitative estimate of drug-likeness (QED) is 0.508. The molecule has 30 heavy (non-hydrogen) atoms. The van der Waals surface area contributed by atoms with E-state index in [1.165, 1.54) is 11.1 Å². The van der Waals surface area contributed by atoms with Crippen LogP contribution in [0.4, 0.5) is 0 Å². The number of carbonyl (C=O) groups is 1. The molecule has 0 unspecified atom stereocenters. The molecule has 0 saturated heterocycles. The smallest absolute Gasteiger partial charge is 0.255 e. The van der Waals surface area contributed by atoms with Crippen LogP contribution >= 0.6 is 0 Å². The predicted octanol–water partition coefficient (Wildman–Crippen LogP) is 5.35. The number of fused-ring (bicyclic) bond motifs is 1. The van der Waals surface area contributed by atoms with Gasteiger partial charge in [0.2, 0.25) is 0 Å². The first kappa shape index (κ1) is 18.4. The third kappa shape index (κ3) is 3.52. The standard InChI is InChI=1S/C26H23N3O/c30-26(27-24-17-9-13-19-10-7-8-16-22(19)24)23-18-29(21-14-5-2-6-15-21)28-25(23)20-11-3-1-4-12-20/h1-8,10-12,14-16,18,24H,9,13,17H2,(H,27,30)/t24-/m1/s1. The van der Waals surface area contributed by atoms with Crippen molar-refractivity contribution in [2.75, 3.05) is 0 Å². The Morgan fingerprint density at radius 3 is 2.40 bits per heavy atom. The number of aryl methyl sites for hydroxylation is 1. The average Bonchev–Trinajstić information content (AvgIpc) is 3.26. The Hall–Kier alpha value is -3.66. The van der Waals surface area contributed by atoms with Crippen molar-refractivity contribution in [1.29, 1.82) is 0 Å². The Kier molecular flexibility index (Phi) is 4.89. The molecule has 0 fully saturated rings. The summed E-state index contributed by atoms with van der Waals surface area (Å²) in [7, 11) is 0. The zero-order chi connectivity index (χ0) is 20.3. The van der Waals surface area contributed by atoms with Crippen molar-refractivity contribution in [2.45, 2.75) is 25.3 Å². The number of nitrogens with one attached hydrogen (secondary N) is 1. The summed E-state index contributed by atoms with van der Waals surface area (Å²) in [6.07, 6.45) is 4.94. The first-order chi connectivity index (χ1) is 14.8. The zero-order valence-corrected chi connectivity index (χ0v) is 16.7. The van der Waals surface area contributed by atoms with Crippen molar-refractivity contribution in [3.05, 3.63) is 108 Å². The summed E-state index contributed by atoms with van der Waals surface area (Å²) in [6.45, 7) is 0. The number of hydrogen-bond acceptors (Lipinski definition) is 2. The number of carbonyl (C=O) groups excluding carboxylic acids is 1. The van der Waals surface area contributed by atoms with Gasteiger partial charge in [0.25, 0.3) is 5.91 Å². The molecule has 1 aliphatic carbocycles. The van der Waals surface area contributed by atoms with E-state index in [0.29, 0.717) is 11.3 Å². The Bertz CT molecular complexity index is 1170. The average molecular weight is 393 g/mol. The Labute approximate surface area is 176 Å². The van der Waals surface area contributed by atoms with Crippen LogP contribution in [0, 0.1) is 0 Å². The Balaban J connectivity index is 1.52. The van der Waals surface area contributed by atoms with Gasteiger partial charge in [-0.25, -0.2) is 4.68 Å². The molecule has 1 aromatic heterocycles. The van der Waals surface area contributed by atoms with E-state index < -0.39 is 0 Å². The highest BCUT2D eigenvalue weighted by Gasteiger charge is 2.25. The topological polar surface area (TPSA) is 46.9 Å². The number of para-hydroxylation sites is 1. The summed E-state index contributed by atoms with van der Waals surface area (Å²) in [4.78, 5) is 13.4. The van der Waals surface area contributed by atoms with Gasteiger partial charge in [-0.05, 0) is 42.5 Å². The normalized spacial score (nSPS) is 15.4. The maximum atomic E-state index is 13.4. The minimum Gasteiger partial charge on any atom is -0.345 e. The van der Waals surface area contributed by atoms with Crippen LogP contribution in [0.3, 0.4) is 0 Å². The van der Waals surface area contributed by atoms with Crippen molar-refractivity contribution >= 4 is 5.91 Å². The van der Waals surface area contributed by atoms with Crippen molar-refractivity contribution < 1.29 is 4.79 Å². The van der Waals surface area contributed by atoms with Gasteiger partial charge in [-0.15, -0.1) is 0 Å². The summed E-state index contributed by atoms with van der Waals surface area (Å²) < 4.78 is 1.78. The molecular formula is C26H23N3O. The largest absolute Gasteiger partial charge is 0.345 e. The number of hydrogen-bond donors (Lipinski definition) is 1. The van der Waals surface area contributed by atoms with Crippen molar-refractivity contribution in [2.24, 2.45) is 0 Å². The first-order valence-corrected chi connectivity index (χ1v) is 10.4. The molecule has 0 bridgehead atoms. The summed E-state index contributed by atoms with van der Waals surface area (Å²) in [5, 5.41) is 8.04. The van der Waals surface area contributed by atoms with Crippen LogP contribution in [0.1, 0.15) is 40.4 Å². The molecule has 1 amide bonds. The van der Waals surface area contributed by atoms with Gasteiger partial charge in [0.15, 0.2) is 0 Å². The minimum absolute atomic E-state index is 0.0335. The van der Waals surface area contributed by atoms with Gasteiger partial charge in [-0.2, -0.15) is 5.10 Å². The monoisotopic (exact) mass is 393 g/mol. The molecule has 148 valence electrons. The van der Waals surface area contributed by atoms with E-state index in [-0.39, 0.29) is 11.9 Å². The molecule has 1 heterocycles. The summed E-state index contributed by atoms with van der Waals surface area (Å²) in [5.74, 6) is -0.0854. The second-order valence-corrected chi connectivity index (χ2v) is 7.65. The van der Waals surface area contributed by atoms with Crippen LogP contribution in [0.5, 0.6) is 0 Å². The van der Waals surface area contributed by atoms with Crippen LogP contribution in [-0.2, 0) is 6.42 Å². The Morgan fingerprint density at radius 1 is 0.900 bits per heavy atom. The molecule has 1 atom stereocenters. The van der Waals surface area contributed by atoms with E-state index in [1.807, 2.05) is 72.9 Å². The highest BCUT2D eigenvalue weighted by Crippen LogP contribution is 2.31. The zero-order valence-electron chi connectivity index (χ0n) is 16.7. The maximum absolute atomic E-state index is 13.4. The number of aromatic nitrogens is 2. The third-order valence-corrected chi connectivity index (χ3v) is 5.70. The lowest BCUT2D eigenvalue weighted by Crippen LogP contribution is -2.31. The SMILES string of the molecule is O=C(N[C@@H]1CCCc2ccccc21)c1cn(-c2ccccc2)nc1-c1ccccc1. The number of nitrogens with zero attached hydrogens (tertiary/aromatic N) is 2. The number of benzene rings is 3. The lowest BCUT2D eigenvalue weighted by molar-refractivity contribution is 0.0933. The fourth-order valence-corrected chi connectivity index (χ4v) is 4.20. The van der Waals surface area contributed by atoms with Gasteiger partial charge in [0, 0.05) is 11.8 Å². The van der Waals surface area contributed by atoms with Crippen molar-refractivity contribution in [1.82, 2.24) is 15.1 Å². The molecular weight excluding hydrogens is 370 g/mol. The van der Waals surface area contributed by atoms with E-state index in [9.17, 15) is 4.79 Å². The van der Waals surface area contributed by atoms with E-state index in [1.54, 1.807) is 4.68 Å². The molecule has 3 aromatic carbocycles. The van der Waals surface area contributed by atoms with Gasteiger partial charge in [0.1, 0.15) is 5.69 Å². The van der Waals surface area contributed by atoms with E-state index in [2.05, 4.69) is 23.5 Å². The van der Waals surface area contributed by atoms with Crippen LogP contribution in [-0.4, -0.2) is 15.7 Å². The molecule has 0 spiro atoms. The van der Waals surface area contributed by atoms with Crippen LogP contribution in [0.25, 0.3) is 16.9 Å². The molecule has 4 aromatic rings. The fourth-order valence-electron chi connectivity index (χ4n) is 4.20. The summed E-state index contributed by atoms with van der Waals surface area (Å²) in [6, 6.07) is 28.2. The summed E-state index contributed by atoms with van der Waals surface area (Å²) >= 11 is 0. The Morgan fingerprint density at radius 2 is 1.60 bits per heavy atom. The van der Waals surface area contributed by atoms with Crippen LogP contribution in [0.2, 0.25) is 0 Å². The number of amides is 1. The van der Waals surface area contributed by atoms with E-state index >= 15 is 0 Å². The van der Waals surface area contributed by atoms with Gasteiger partial charge in [0.05, 0.1) is 17.3 Å². The van der Waals surface area contributed by atoms with Crippen molar-refractivity contribution in [3.63, 3.8) is 0 Å². The van der Waals surface area contributed by atoms with Gasteiger partial charge < -0.3 is 5.32 Å². The molecule has 4 nitrogen and oxygen atoms in total. The molecule has 1 N–H and O–H groups in total. The van der Waals surface area contributed by atoms with Gasteiger partial charge in [-0.3, -0.25) is 4.79 Å². The molecule has 0 radical (unpaired) electrons. The van der Waals surface area contributed by atoms with Crippen LogP contribution in [0.15, 0.2) is 91.1 Å². The predicted molar refractivity (Wildman–Crippen MR) is 119 cm³/mol. The second-order valence-electron chi connectivity index (χ2n) is 7.65. The van der Waals surface area contributed by atoms with E-state index in [4.69, 9.17) is 5.10 Å². The first-order valence-electron chi connectivity index (χ1n) is 10.4.